The van der Waals surface area contributed by atoms with Gasteiger partial charge in [-0.25, -0.2) is 4.39 Å². The summed E-state index contributed by atoms with van der Waals surface area (Å²) in [6.45, 7) is 2.42. The number of hydroxylamine groups is 1. The second-order valence-corrected chi connectivity index (χ2v) is 3.29. The molecule has 1 aromatic carbocycles. The molecule has 2 rings (SSSR count). The largest absolute Gasteiger partial charge is 0.301 e. The Morgan fingerprint density at radius 2 is 2.38 bits per heavy atom. The van der Waals surface area contributed by atoms with Crippen LogP contribution in [0.25, 0.3) is 0 Å². The zero-order valence-electron chi connectivity index (χ0n) is 7.51. The van der Waals surface area contributed by atoms with Crippen molar-refractivity contribution in [2.45, 2.75) is 19.4 Å². The van der Waals surface area contributed by atoms with Crippen LogP contribution in [0.1, 0.15) is 23.6 Å². The Morgan fingerprint density at radius 3 is 3.08 bits per heavy atom. The van der Waals surface area contributed by atoms with E-state index in [9.17, 15) is 4.39 Å². The van der Waals surface area contributed by atoms with Crippen molar-refractivity contribution in [2.75, 3.05) is 6.61 Å². The molecule has 1 saturated heterocycles. The highest BCUT2D eigenvalue weighted by Gasteiger charge is 2.20. The summed E-state index contributed by atoms with van der Waals surface area (Å²) >= 11 is 0. The van der Waals surface area contributed by atoms with Crippen LogP contribution in [-0.4, -0.2) is 6.61 Å². The fraction of sp³-hybridized carbons (Fsp3) is 0.400. The minimum atomic E-state index is -0.120. The number of benzene rings is 1. The smallest absolute Gasteiger partial charge is 0.130 e. The summed E-state index contributed by atoms with van der Waals surface area (Å²) < 4.78 is 13.6. The number of aryl methyl sites for hydroxylation is 1. The van der Waals surface area contributed by atoms with Crippen LogP contribution < -0.4 is 5.48 Å². The Morgan fingerprint density at radius 1 is 1.54 bits per heavy atom. The molecule has 0 saturated carbocycles. The molecule has 0 radical (unpaired) electrons. The molecule has 0 bridgehead atoms. The van der Waals surface area contributed by atoms with Crippen LogP contribution in [0.3, 0.4) is 0 Å². The van der Waals surface area contributed by atoms with Gasteiger partial charge in [-0.1, -0.05) is 18.2 Å². The predicted molar refractivity (Wildman–Crippen MR) is 47.6 cm³/mol. The molecule has 0 amide bonds. The van der Waals surface area contributed by atoms with Gasteiger partial charge in [0.05, 0.1) is 12.6 Å². The molecule has 70 valence electrons. The van der Waals surface area contributed by atoms with Crippen molar-refractivity contribution in [3.8, 4) is 0 Å². The second kappa shape index (κ2) is 3.44. The first-order valence-corrected chi connectivity index (χ1v) is 4.41. The molecule has 1 fully saturated rings. The first-order chi connectivity index (χ1) is 6.29. The number of rotatable bonds is 1. The lowest BCUT2D eigenvalue weighted by Gasteiger charge is -2.10. The molecule has 2 nitrogen and oxygen atoms in total. The van der Waals surface area contributed by atoms with Crippen LogP contribution in [0.15, 0.2) is 18.2 Å². The second-order valence-electron chi connectivity index (χ2n) is 3.29. The molecule has 1 aromatic rings. The Kier molecular flexibility index (Phi) is 2.29. The van der Waals surface area contributed by atoms with Gasteiger partial charge in [0.1, 0.15) is 5.82 Å². The SMILES string of the molecule is Cc1cccc([C@@H]2CCON2)c1F. The van der Waals surface area contributed by atoms with Crippen molar-refractivity contribution < 1.29 is 9.23 Å². The van der Waals surface area contributed by atoms with E-state index in [1.807, 2.05) is 6.07 Å². The van der Waals surface area contributed by atoms with E-state index in [0.717, 1.165) is 6.42 Å². The summed E-state index contributed by atoms with van der Waals surface area (Å²) in [5, 5.41) is 0. The molecular weight excluding hydrogens is 169 g/mol. The van der Waals surface area contributed by atoms with Gasteiger partial charge >= 0.3 is 0 Å². The number of halogens is 1. The van der Waals surface area contributed by atoms with E-state index in [0.29, 0.717) is 17.7 Å². The molecule has 1 heterocycles. The molecule has 0 aromatic heterocycles. The summed E-state index contributed by atoms with van der Waals surface area (Å²) in [7, 11) is 0. The van der Waals surface area contributed by atoms with Crippen LogP contribution in [0, 0.1) is 12.7 Å². The fourth-order valence-corrected chi connectivity index (χ4v) is 1.55. The summed E-state index contributed by atoms with van der Waals surface area (Å²) in [5.74, 6) is -0.120. The molecule has 1 atom stereocenters. The first kappa shape index (κ1) is 8.66. The third kappa shape index (κ3) is 1.57. The van der Waals surface area contributed by atoms with Crippen LogP contribution in [-0.2, 0) is 4.84 Å². The maximum Gasteiger partial charge on any atom is 0.130 e. The van der Waals surface area contributed by atoms with E-state index in [1.165, 1.54) is 0 Å². The molecule has 3 heteroatoms. The van der Waals surface area contributed by atoms with Gasteiger partial charge in [-0.05, 0) is 18.9 Å². The molecular formula is C10H12FNO. The van der Waals surface area contributed by atoms with Gasteiger partial charge in [0.2, 0.25) is 0 Å². The summed E-state index contributed by atoms with van der Waals surface area (Å²) in [6.07, 6.45) is 0.834. The van der Waals surface area contributed by atoms with E-state index in [1.54, 1.807) is 19.1 Å². The van der Waals surface area contributed by atoms with E-state index in [2.05, 4.69) is 5.48 Å². The predicted octanol–water partition coefficient (Wildman–Crippen LogP) is 2.10. The third-order valence-electron chi connectivity index (χ3n) is 2.33. The normalized spacial score (nSPS) is 22.2. The standard InChI is InChI=1S/C10H12FNO/c1-7-3-2-4-8(10(7)11)9-5-6-13-12-9/h2-4,9,12H,5-6H2,1H3/t9-/m0/s1. The molecule has 0 spiro atoms. The van der Waals surface area contributed by atoms with Gasteiger partial charge in [-0.15, -0.1) is 0 Å². The quantitative estimate of drug-likeness (QED) is 0.716. The van der Waals surface area contributed by atoms with Gasteiger partial charge in [0.15, 0.2) is 0 Å². The molecule has 0 unspecified atom stereocenters. The Labute approximate surface area is 76.7 Å². The Bertz CT molecular complexity index is 308. The fourth-order valence-electron chi connectivity index (χ4n) is 1.55. The zero-order chi connectivity index (χ0) is 9.26. The minimum absolute atomic E-state index is 0.0138. The average Bonchev–Trinajstić information content (AvgIpc) is 2.62. The molecule has 1 N–H and O–H groups in total. The van der Waals surface area contributed by atoms with Crippen molar-refractivity contribution in [3.63, 3.8) is 0 Å². The van der Waals surface area contributed by atoms with E-state index < -0.39 is 0 Å². The third-order valence-corrected chi connectivity index (χ3v) is 2.33. The molecule has 1 aliphatic heterocycles. The number of nitrogens with one attached hydrogen (secondary N) is 1. The number of hydrogen-bond acceptors (Lipinski definition) is 2. The highest BCUT2D eigenvalue weighted by Crippen LogP contribution is 2.24. The monoisotopic (exact) mass is 181 g/mol. The van der Waals surface area contributed by atoms with Crippen LogP contribution in [0.2, 0.25) is 0 Å². The summed E-state index contributed by atoms with van der Waals surface area (Å²) in [4.78, 5) is 4.99. The Hall–Kier alpha value is -0.930. The first-order valence-electron chi connectivity index (χ1n) is 4.41. The molecule has 0 aliphatic carbocycles. The van der Waals surface area contributed by atoms with Gasteiger partial charge in [0.25, 0.3) is 0 Å². The van der Waals surface area contributed by atoms with Crippen molar-refractivity contribution in [1.29, 1.82) is 0 Å². The van der Waals surface area contributed by atoms with Crippen LogP contribution in [0.5, 0.6) is 0 Å². The van der Waals surface area contributed by atoms with Crippen LogP contribution >= 0.6 is 0 Å². The topological polar surface area (TPSA) is 21.3 Å². The lowest BCUT2D eigenvalue weighted by Crippen LogP contribution is -2.13. The maximum atomic E-state index is 13.6. The Balaban J connectivity index is 2.33. The lowest BCUT2D eigenvalue weighted by molar-refractivity contribution is 0.0877. The summed E-state index contributed by atoms with van der Waals surface area (Å²) in [6, 6.07) is 5.46. The highest BCUT2D eigenvalue weighted by molar-refractivity contribution is 5.27. The van der Waals surface area contributed by atoms with Gasteiger partial charge in [-0.2, -0.15) is 5.48 Å². The molecule has 13 heavy (non-hydrogen) atoms. The van der Waals surface area contributed by atoms with Gasteiger partial charge < -0.3 is 4.84 Å². The summed E-state index contributed by atoms with van der Waals surface area (Å²) in [5.41, 5.74) is 4.19. The lowest BCUT2D eigenvalue weighted by atomic mass is 10.0. The van der Waals surface area contributed by atoms with E-state index in [4.69, 9.17) is 4.84 Å². The van der Waals surface area contributed by atoms with Crippen molar-refractivity contribution in [2.24, 2.45) is 0 Å². The van der Waals surface area contributed by atoms with Crippen LogP contribution in [0.4, 0.5) is 4.39 Å². The highest BCUT2D eigenvalue weighted by atomic mass is 19.1. The number of hydrogen-bond donors (Lipinski definition) is 1. The van der Waals surface area contributed by atoms with Gasteiger partial charge in [-0.3, -0.25) is 0 Å². The molecule has 1 aliphatic rings. The van der Waals surface area contributed by atoms with E-state index >= 15 is 0 Å². The van der Waals surface area contributed by atoms with Crippen molar-refractivity contribution in [1.82, 2.24) is 5.48 Å². The zero-order valence-corrected chi connectivity index (χ0v) is 7.51. The van der Waals surface area contributed by atoms with Crippen molar-refractivity contribution >= 4 is 0 Å². The van der Waals surface area contributed by atoms with E-state index in [-0.39, 0.29) is 11.9 Å². The van der Waals surface area contributed by atoms with Gasteiger partial charge in [0, 0.05) is 5.56 Å². The van der Waals surface area contributed by atoms with Crippen molar-refractivity contribution in [3.05, 3.63) is 35.1 Å². The average molecular weight is 181 g/mol. The maximum absolute atomic E-state index is 13.6. The minimum Gasteiger partial charge on any atom is -0.301 e.